The average molecular weight is 349 g/mol. The summed E-state index contributed by atoms with van der Waals surface area (Å²) in [4.78, 5) is 26.6. The summed E-state index contributed by atoms with van der Waals surface area (Å²) in [5.74, 6) is 0.542. The van der Waals surface area contributed by atoms with E-state index < -0.39 is 5.60 Å². The van der Waals surface area contributed by atoms with Crippen LogP contribution in [-0.4, -0.2) is 45.2 Å². The van der Waals surface area contributed by atoms with Gasteiger partial charge in [-0.15, -0.1) is 0 Å². The second kappa shape index (κ2) is 7.15. The van der Waals surface area contributed by atoms with E-state index in [4.69, 9.17) is 4.52 Å². The molecular weight excluding hydrogens is 322 g/mol. The van der Waals surface area contributed by atoms with Gasteiger partial charge in [0.2, 0.25) is 5.91 Å². The zero-order valence-corrected chi connectivity index (χ0v) is 15.0. The molecule has 1 aromatic rings. The molecule has 2 N–H and O–H groups in total. The van der Waals surface area contributed by atoms with Crippen LogP contribution in [0.5, 0.6) is 0 Å². The summed E-state index contributed by atoms with van der Waals surface area (Å²) < 4.78 is 5.17. The van der Waals surface area contributed by atoms with E-state index in [1.807, 2.05) is 18.7 Å². The summed E-state index contributed by atoms with van der Waals surface area (Å²) in [6.07, 6.45) is 4.53. The van der Waals surface area contributed by atoms with Crippen molar-refractivity contribution in [3.8, 4) is 0 Å². The Balaban J connectivity index is 1.59. The lowest BCUT2D eigenvalue weighted by molar-refractivity contribution is -0.140. The minimum absolute atomic E-state index is 0.0734. The number of carbonyl (C=O) groups is 2. The van der Waals surface area contributed by atoms with Crippen LogP contribution in [0.1, 0.15) is 62.0 Å². The Morgan fingerprint density at radius 1 is 1.36 bits per heavy atom. The fourth-order valence-corrected chi connectivity index (χ4v) is 3.77. The van der Waals surface area contributed by atoms with Gasteiger partial charge in [-0.25, -0.2) is 0 Å². The highest BCUT2D eigenvalue weighted by atomic mass is 16.5. The third-order valence-electron chi connectivity index (χ3n) is 5.53. The number of rotatable bonds is 4. The number of aryl methyl sites for hydroxylation is 2. The molecular formula is C18H27N3O4. The van der Waals surface area contributed by atoms with Crippen molar-refractivity contribution in [2.75, 3.05) is 6.54 Å². The lowest BCUT2D eigenvalue weighted by atomic mass is 10.00. The highest BCUT2D eigenvalue weighted by molar-refractivity contribution is 5.85. The van der Waals surface area contributed by atoms with Gasteiger partial charge in [-0.2, -0.15) is 0 Å². The molecule has 1 aliphatic heterocycles. The second-order valence-electron chi connectivity index (χ2n) is 7.35. The molecule has 7 heteroatoms. The summed E-state index contributed by atoms with van der Waals surface area (Å²) in [6, 6.07) is -0.0734. The molecule has 1 atom stereocenters. The molecule has 1 aromatic heterocycles. The molecule has 138 valence electrons. The van der Waals surface area contributed by atoms with Crippen molar-refractivity contribution in [3.05, 3.63) is 17.0 Å². The lowest BCUT2D eigenvalue weighted by Gasteiger charge is -2.25. The van der Waals surface area contributed by atoms with Crippen LogP contribution in [-0.2, 0) is 16.1 Å². The van der Waals surface area contributed by atoms with Gasteiger partial charge in [0.1, 0.15) is 11.4 Å². The fourth-order valence-electron chi connectivity index (χ4n) is 3.77. The second-order valence-corrected chi connectivity index (χ2v) is 7.35. The molecule has 0 radical (unpaired) electrons. The Bertz CT molecular complexity index is 629. The van der Waals surface area contributed by atoms with Crippen LogP contribution < -0.4 is 5.32 Å². The molecule has 1 saturated heterocycles. The maximum absolute atomic E-state index is 12.4. The van der Waals surface area contributed by atoms with Crippen LogP contribution >= 0.6 is 0 Å². The minimum Gasteiger partial charge on any atom is -0.380 e. The van der Waals surface area contributed by atoms with Crippen molar-refractivity contribution in [1.82, 2.24) is 15.4 Å². The average Bonchev–Trinajstić information content (AvgIpc) is 3.11. The number of hydrogen-bond donors (Lipinski definition) is 2. The van der Waals surface area contributed by atoms with Gasteiger partial charge in [0, 0.05) is 24.6 Å². The molecule has 1 saturated carbocycles. The molecule has 2 heterocycles. The summed E-state index contributed by atoms with van der Waals surface area (Å²) in [5, 5.41) is 17.3. The Hall–Kier alpha value is -1.89. The number of aliphatic hydroxyl groups is 1. The predicted molar refractivity (Wildman–Crippen MR) is 90.6 cm³/mol. The first-order valence-electron chi connectivity index (χ1n) is 9.12. The molecule has 1 aliphatic carbocycles. The number of nitrogens with zero attached hydrogens (tertiary/aromatic N) is 2. The van der Waals surface area contributed by atoms with Crippen LogP contribution in [0.15, 0.2) is 4.52 Å². The number of nitrogens with one attached hydrogen (secondary N) is 1. The van der Waals surface area contributed by atoms with Gasteiger partial charge in [0.25, 0.3) is 5.91 Å². The summed E-state index contributed by atoms with van der Waals surface area (Å²) in [7, 11) is 0. The molecule has 25 heavy (non-hydrogen) atoms. The van der Waals surface area contributed by atoms with Crippen molar-refractivity contribution < 1.29 is 19.2 Å². The quantitative estimate of drug-likeness (QED) is 0.861. The van der Waals surface area contributed by atoms with Crippen LogP contribution in [0.3, 0.4) is 0 Å². The number of aromatic nitrogens is 1. The Morgan fingerprint density at radius 2 is 2.08 bits per heavy atom. The molecule has 2 fully saturated rings. The van der Waals surface area contributed by atoms with Crippen LogP contribution in [0, 0.1) is 13.8 Å². The van der Waals surface area contributed by atoms with E-state index in [-0.39, 0.29) is 17.9 Å². The Labute approximate surface area is 147 Å². The highest BCUT2D eigenvalue weighted by Gasteiger charge is 2.39. The van der Waals surface area contributed by atoms with E-state index in [0.29, 0.717) is 45.2 Å². The van der Waals surface area contributed by atoms with Crippen molar-refractivity contribution in [1.29, 1.82) is 0 Å². The zero-order chi connectivity index (χ0) is 18.0. The van der Waals surface area contributed by atoms with Crippen LogP contribution in [0.2, 0.25) is 0 Å². The fraction of sp³-hybridized carbons (Fsp3) is 0.722. The van der Waals surface area contributed by atoms with Gasteiger partial charge in [0.05, 0.1) is 12.2 Å². The summed E-state index contributed by atoms with van der Waals surface area (Å²) in [5.41, 5.74) is 0.547. The first-order valence-corrected chi connectivity index (χ1v) is 9.12. The number of likely N-dealkylation sites (tertiary alicyclic amines) is 1. The van der Waals surface area contributed by atoms with E-state index >= 15 is 0 Å². The molecule has 0 bridgehead atoms. The number of carbonyl (C=O) groups excluding carboxylic acids is 2. The van der Waals surface area contributed by atoms with E-state index in [0.717, 1.165) is 29.9 Å². The minimum atomic E-state index is -1.22. The monoisotopic (exact) mass is 349 g/mol. The molecule has 1 unspecified atom stereocenters. The van der Waals surface area contributed by atoms with Gasteiger partial charge in [0.15, 0.2) is 0 Å². The Morgan fingerprint density at radius 3 is 2.72 bits per heavy atom. The molecule has 0 spiro atoms. The first kappa shape index (κ1) is 17.9. The third-order valence-corrected chi connectivity index (χ3v) is 5.53. The SMILES string of the molecule is Cc1noc(C)c1CN1CCC(NC(=O)C2(O)CCCC2)CCC1=O. The van der Waals surface area contributed by atoms with E-state index in [2.05, 4.69) is 10.5 Å². The van der Waals surface area contributed by atoms with Crippen LogP contribution in [0.4, 0.5) is 0 Å². The zero-order valence-electron chi connectivity index (χ0n) is 15.0. The summed E-state index contributed by atoms with van der Waals surface area (Å²) >= 11 is 0. The van der Waals surface area contributed by atoms with Crippen molar-refractivity contribution >= 4 is 11.8 Å². The van der Waals surface area contributed by atoms with E-state index in [1.54, 1.807) is 0 Å². The smallest absolute Gasteiger partial charge is 0.252 e. The standard InChI is InChI=1S/C18H27N3O4/c1-12-15(13(2)25-20-12)11-21-10-7-14(5-6-16(21)22)19-17(23)18(24)8-3-4-9-18/h14,24H,3-11H2,1-2H3,(H,19,23). The van der Waals surface area contributed by atoms with E-state index in [9.17, 15) is 14.7 Å². The molecule has 7 nitrogen and oxygen atoms in total. The number of amides is 2. The molecule has 2 amide bonds. The first-order chi connectivity index (χ1) is 11.9. The maximum Gasteiger partial charge on any atom is 0.252 e. The normalized spacial score (nSPS) is 23.6. The predicted octanol–water partition coefficient (Wildman–Crippen LogP) is 1.59. The van der Waals surface area contributed by atoms with Gasteiger partial charge < -0.3 is 19.8 Å². The lowest BCUT2D eigenvalue weighted by Crippen LogP contribution is -2.48. The highest BCUT2D eigenvalue weighted by Crippen LogP contribution is 2.30. The van der Waals surface area contributed by atoms with Gasteiger partial charge in [-0.3, -0.25) is 9.59 Å². The van der Waals surface area contributed by atoms with Crippen LogP contribution in [0.25, 0.3) is 0 Å². The van der Waals surface area contributed by atoms with Crippen molar-refractivity contribution in [2.45, 2.75) is 77.0 Å². The van der Waals surface area contributed by atoms with E-state index in [1.165, 1.54) is 0 Å². The van der Waals surface area contributed by atoms with Gasteiger partial charge >= 0.3 is 0 Å². The van der Waals surface area contributed by atoms with Gasteiger partial charge in [-0.05, 0) is 52.4 Å². The van der Waals surface area contributed by atoms with Gasteiger partial charge in [-0.1, -0.05) is 5.16 Å². The topological polar surface area (TPSA) is 95.7 Å². The maximum atomic E-state index is 12.4. The van der Waals surface area contributed by atoms with Crippen molar-refractivity contribution in [3.63, 3.8) is 0 Å². The molecule has 2 aliphatic rings. The molecule has 3 rings (SSSR count). The third kappa shape index (κ3) is 3.86. The van der Waals surface area contributed by atoms with Crippen molar-refractivity contribution in [2.24, 2.45) is 0 Å². The Kier molecular flexibility index (Phi) is 5.13. The number of hydrogen-bond acceptors (Lipinski definition) is 5. The molecule has 0 aromatic carbocycles. The summed E-state index contributed by atoms with van der Waals surface area (Å²) in [6.45, 7) is 4.79. The largest absolute Gasteiger partial charge is 0.380 e.